The Morgan fingerprint density at radius 1 is 1.42 bits per heavy atom. The molecule has 0 atom stereocenters. The molecule has 1 aliphatic rings. The van der Waals surface area contributed by atoms with Crippen molar-refractivity contribution >= 4 is 27.9 Å². The van der Waals surface area contributed by atoms with Crippen molar-refractivity contribution in [1.29, 1.82) is 5.26 Å². The average Bonchev–Trinajstić information content (AvgIpc) is 2.82. The maximum absolute atomic E-state index is 12.0. The highest BCUT2D eigenvalue weighted by molar-refractivity contribution is 9.10. The fraction of sp³-hybridized carbons (Fsp3) is 0.429. The van der Waals surface area contributed by atoms with Crippen molar-refractivity contribution in [3.8, 4) is 6.07 Å². The lowest BCUT2D eigenvalue weighted by molar-refractivity contribution is -0.117. The van der Waals surface area contributed by atoms with Gasteiger partial charge < -0.3 is 9.73 Å². The average molecular weight is 323 g/mol. The molecule has 0 spiro atoms. The normalized spacial score (nSPS) is 16.9. The molecule has 0 aromatic carbocycles. The summed E-state index contributed by atoms with van der Waals surface area (Å²) in [4.78, 5) is 12.0. The van der Waals surface area contributed by atoms with Crippen LogP contribution in [-0.2, 0) is 4.79 Å². The molecule has 1 aliphatic carbocycles. The fourth-order valence-corrected chi connectivity index (χ4v) is 2.53. The molecule has 1 heterocycles. The highest BCUT2D eigenvalue weighted by atomic mass is 79.9. The van der Waals surface area contributed by atoms with E-state index in [0.29, 0.717) is 10.4 Å². The van der Waals surface area contributed by atoms with Gasteiger partial charge in [0.05, 0.1) is 0 Å². The number of nitriles is 1. The summed E-state index contributed by atoms with van der Waals surface area (Å²) < 4.78 is 5.84. The van der Waals surface area contributed by atoms with E-state index < -0.39 is 0 Å². The van der Waals surface area contributed by atoms with Crippen LogP contribution in [0.5, 0.6) is 0 Å². The third-order valence-corrected chi connectivity index (χ3v) is 3.61. The van der Waals surface area contributed by atoms with Gasteiger partial charge in [-0.25, -0.2) is 0 Å². The largest absolute Gasteiger partial charge is 0.450 e. The van der Waals surface area contributed by atoms with Gasteiger partial charge in [0.1, 0.15) is 17.4 Å². The van der Waals surface area contributed by atoms with Gasteiger partial charge in [-0.05, 0) is 40.9 Å². The fourth-order valence-electron chi connectivity index (χ4n) is 2.21. The highest BCUT2D eigenvalue weighted by Crippen LogP contribution is 2.19. The van der Waals surface area contributed by atoms with Crippen molar-refractivity contribution in [1.82, 2.24) is 5.32 Å². The Labute approximate surface area is 120 Å². The maximum atomic E-state index is 12.0. The van der Waals surface area contributed by atoms with Crippen LogP contribution in [0.15, 0.2) is 26.8 Å². The summed E-state index contributed by atoms with van der Waals surface area (Å²) in [5.74, 6) is 0.171. The molecular formula is C14H15BrN2O2. The lowest BCUT2D eigenvalue weighted by Crippen LogP contribution is -2.36. The standard InChI is InChI=1S/C14H15BrN2O2/c15-13-7-6-12(19-13)8-10(9-16)14(18)17-11-4-2-1-3-5-11/h6-8,11H,1-5H2,(H,17,18). The monoisotopic (exact) mass is 322 g/mol. The van der Waals surface area contributed by atoms with E-state index in [1.807, 2.05) is 6.07 Å². The van der Waals surface area contributed by atoms with E-state index >= 15 is 0 Å². The Balaban J connectivity index is 2.02. The SMILES string of the molecule is N#CC(=Cc1ccc(Br)o1)C(=O)NC1CCCCC1. The third-order valence-electron chi connectivity index (χ3n) is 3.19. The molecule has 1 aromatic rings. The number of hydrogen-bond acceptors (Lipinski definition) is 3. The Bertz CT molecular complexity index is 522. The van der Waals surface area contributed by atoms with Crippen LogP contribution in [0.2, 0.25) is 0 Å². The number of nitrogens with one attached hydrogen (secondary N) is 1. The number of rotatable bonds is 3. The molecule has 1 N–H and O–H groups in total. The van der Waals surface area contributed by atoms with Crippen LogP contribution >= 0.6 is 15.9 Å². The second-order valence-electron chi connectivity index (χ2n) is 4.62. The van der Waals surface area contributed by atoms with Crippen LogP contribution in [0.25, 0.3) is 6.08 Å². The number of carbonyl (C=O) groups excluding carboxylic acids is 1. The summed E-state index contributed by atoms with van der Waals surface area (Å²) in [5, 5.41) is 12.0. The van der Waals surface area contributed by atoms with Gasteiger partial charge in [-0.15, -0.1) is 0 Å². The van der Waals surface area contributed by atoms with Crippen LogP contribution < -0.4 is 5.32 Å². The molecule has 1 fully saturated rings. The van der Waals surface area contributed by atoms with Crippen molar-refractivity contribution in [3.05, 3.63) is 28.1 Å². The van der Waals surface area contributed by atoms with Crippen LogP contribution in [0.3, 0.4) is 0 Å². The van der Waals surface area contributed by atoms with Gasteiger partial charge in [-0.3, -0.25) is 4.79 Å². The minimum Gasteiger partial charge on any atom is -0.450 e. The minimum absolute atomic E-state index is 0.0763. The predicted octanol–water partition coefficient (Wildman–Crippen LogP) is 3.40. The van der Waals surface area contributed by atoms with Crippen LogP contribution in [-0.4, -0.2) is 11.9 Å². The summed E-state index contributed by atoms with van der Waals surface area (Å²) in [5.41, 5.74) is 0.0763. The van der Waals surface area contributed by atoms with Crippen molar-refractivity contribution in [2.75, 3.05) is 0 Å². The molecule has 5 heteroatoms. The highest BCUT2D eigenvalue weighted by Gasteiger charge is 2.18. The Morgan fingerprint density at radius 2 is 2.16 bits per heavy atom. The van der Waals surface area contributed by atoms with Crippen molar-refractivity contribution < 1.29 is 9.21 Å². The first kappa shape index (κ1) is 13.9. The predicted molar refractivity (Wildman–Crippen MR) is 75.0 cm³/mol. The van der Waals surface area contributed by atoms with Crippen molar-refractivity contribution in [2.45, 2.75) is 38.1 Å². The number of halogens is 1. The number of amides is 1. The van der Waals surface area contributed by atoms with Gasteiger partial charge >= 0.3 is 0 Å². The smallest absolute Gasteiger partial charge is 0.262 e. The first-order chi connectivity index (χ1) is 9.19. The van der Waals surface area contributed by atoms with Crippen molar-refractivity contribution in [2.24, 2.45) is 0 Å². The van der Waals surface area contributed by atoms with E-state index in [1.54, 1.807) is 12.1 Å². The van der Waals surface area contributed by atoms with Gasteiger partial charge in [-0.2, -0.15) is 5.26 Å². The van der Waals surface area contributed by atoms with Crippen LogP contribution in [0.1, 0.15) is 37.9 Å². The van der Waals surface area contributed by atoms with E-state index in [1.165, 1.54) is 12.5 Å². The molecule has 1 amide bonds. The van der Waals surface area contributed by atoms with Crippen molar-refractivity contribution in [3.63, 3.8) is 0 Å². The first-order valence-corrected chi connectivity index (χ1v) is 7.16. The molecule has 1 saturated carbocycles. The molecule has 0 unspecified atom stereocenters. The van der Waals surface area contributed by atoms with E-state index in [2.05, 4.69) is 21.2 Å². The van der Waals surface area contributed by atoms with E-state index in [9.17, 15) is 4.79 Å². The van der Waals surface area contributed by atoms with Gasteiger partial charge in [-0.1, -0.05) is 19.3 Å². The Morgan fingerprint density at radius 3 is 2.74 bits per heavy atom. The van der Waals surface area contributed by atoms with E-state index in [-0.39, 0.29) is 17.5 Å². The first-order valence-electron chi connectivity index (χ1n) is 6.37. The summed E-state index contributed by atoms with van der Waals surface area (Å²) in [6.45, 7) is 0. The molecule has 0 bridgehead atoms. The Hall–Kier alpha value is -1.54. The summed E-state index contributed by atoms with van der Waals surface area (Å²) >= 11 is 3.18. The summed E-state index contributed by atoms with van der Waals surface area (Å²) in [6.07, 6.45) is 6.97. The van der Waals surface area contributed by atoms with Gasteiger partial charge in [0.15, 0.2) is 4.67 Å². The van der Waals surface area contributed by atoms with Gasteiger partial charge in [0.2, 0.25) is 0 Å². The zero-order chi connectivity index (χ0) is 13.7. The van der Waals surface area contributed by atoms with E-state index in [4.69, 9.17) is 9.68 Å². The lowest BCUT2D eigenvalue weighted by Gasteiger charge is -2.22. The minimum atomic E-state index is -0.318. The second-order valence-corrected chi connectivity index (χ2v) is 5.40. The molecule has 1 aromatic heterocycles. The number of carbonyl (C=O) groups is 1. The zero-order valence-electron chi connectivity index (χ0n) is 10.5. The summed E-state index contributed by atoms with van der Waals surface area (Å²) in [7, 11) is 0. The van der Waals surface area contributed by atoms with Crippen LogP contribution in [0, 0.1) is 11.3 Å². The number of hydrogen-bond donors (Lipinski definition) is 1. The molecule has 4 nitrogen and oxygen atoms in total. The Kier molecular flexibility index (Phi) is 4.80. The molecular weight excluding hydrogens is 308 g/mol. The molecule has 0 radical (unpaired) electrons. The van der Waals surface area contributed by atoms with Crippen LogP contribution in [0.4, 0.5) is 0 Å². The lowest BCUT2D eigenvalue weighted by atomic mass is 9.95. The topological polar surface area (TPSA) is 66.0 Å². The maximum Gasteiger partial charge on any atom is 0.262 e. The number of furan rings is 1. The van der Waals surface area contributed by atoms with E-state index in [0.717, 1.165) is 25.7 Å². The third kappa shape index (κ3) is 3.97. The molecule has 2 rings (SSSR count). The molecule has 100 valence electrons. The summed E-state index contributed by atoms with van der Waals surface area (Å²) in [6, 6.07) is 5.54. The van der Waals surface area contributed by atoms with Gasteiger partial charge in [0, 0.05) is 12.1 Å². The zero-order valence-corrected chi connectivity index (χ0v) is 12.1. The molecule has 19 heavy (non-hydrogen) atoms. The second kappa shape index (κ2) is 6.58. The molecule has 0 saturated heterocycles. The number of nitrogens with zero attached hydrogens (tertiary/aromatic N) is 1. The molecule has 0 aliphatic heterocycles. The quantitative estimate of drug-likeness (QED) is 0.685. The van der Waals surface area contributed by atoms with Gasteiger partial charge in [0.25, 0.3) is 5.91 Å².